The number of ether oxygens (including phenoxy) is 2. The van der Waals surface area contributed by atoms with E-state index in [-0.39, 0.29) is 6.29 Å². The molecule has 122 valence electrons. The van der Waals surface area contributed by atoms with Gasteiger partial charge in [0.25, 0.3) is 0 Å². The molecule has 3 aromatic rings. The van der Waals surface area contributed by atoms with Gasteiger partial charge in [0.2, 0.25) is 0 Å². The van der Waals surface area contributed by atoms with Crippen LogP contribution >= 0.6 is 11.8 Å². The monoisotopic (exact) mass is 339 g/mol. The summed E-state index contributed by atoms with van der Waals surface area (Å²) in [6.07, 6.45) is 3.45. The zero-order valence-electron chi connectivity index (χ0n) is 13.0. The predicted molar refractivity (Wildman–Crippen MR) is 93.7 cm³/mol. The fraction of sp³-hybridized carbons (Fsp3) is 0.222. The molecular formula is C18H17N3O2S. The first-order chi connectivity index (χ1) is 11.9. The molecule has 0 atom stereocenters. The summed E-state index contributed by atoms with van der Waals surface area (Å²) >= 11 is 1.64. The smallest absolute Gasteiger partial charge is 0.167 e. The third kappa shape index (κ3) is 3.21. The van der Waals surface area contributed by atoms with E-state index >= 15 is 0 Å². The van der Waals surface area contributed by atoms with E-state index in [1.54, 1.807) is 24.2 Å². The Labute approximate surface area is 144 Å². The number of pyridine rings is 1. The lowest BCUT2D eigenvalue weighted by molar-refractivity contribution is -0.0214. The second kappa shape index (κ2) is 7.17. The Bertz CT molecular complexity index is 787. The molecule has 0 saturated carbocycles. The SMILES string of the molecule is c1ccc(-c2[nH]nc(SCC3OCCO3)c2-c2ccncc2)cc1. The van der Waals surface area contributed by atoms with Crippen LogP contribution in [0.4, 0.5) is 0 Å². The summed E-state index contributed by atoms with van der Waals surface area (Å²) in [6.45, 7) is 1.33. The lowest BCUT2D eigenvalue weighted by Crippen LogP contribution is -2.10. The number of hydrogen-bond donors (Lipinski definition) is 1. The Balaban J connectivity index is 1.69. The Kier molecular flexibility index (Phi) is 4.60. The summed E-state index contributed by atoms with van der Waals surface area (Å²) in [5.41, 5.74) is 4.30. The molecule has 1 fully saturated rings. The van der Waals surface area contributed by atoms with Crippen molar-refractivity contribution in [3.8, 4) is 22.4 Å². The van der Waals surface area contributed by atoms with Gasteiger partial charge in [-0.25, -0.2) is 0 Å². The summed E-state index contributed by atoms with van der Waals surface area (Å²) in [6, 6.07) is 14.2. The molecule has 6 heteroatoms. The molecule has 1 aromatic carbocycles. The number of nitrogens with one attached hydrogen (secondary N) is 1. The van der Waals surface area contributed by atoms with Crippen molar-refractivity contribution >= 4 is 11.8 Å². The predicted octanol–water partition coefficient (Wildman–Crippen LogP) is 3.60. The second-order valence-corrected chi connectivity index (χ2v) is 6.37. The summed E-state index contributed by atoms with van der Waals surface area (Å²) < 4.78 is 11.0. The molecule has 0 amide bonds. The van der Waals surface area contributed by atoms with E-state index in [0.717, 1.165) is 33.2 Å². The van der Waals surface area contributed by atoms with Crippen LogP contribution in [0.3, 0.4) is 0 Å². The molecule has 1 saturated heterocycles. The highest BCUT2D eigenvalue weighted by atomic mass is 32.2. The summed E-state index contributed by atoms with van der Waals surface area (Å²) in [4.78, 5) is 4.12. The van der Waals surface area contributed by atoms with Crippen molar-refractivity contribution in [2.75, 3.05) is 19.0 Å². The summed E-state index contributed by atoms with van der Waals surface area (Å²) in [5.74, 6) is 0.719. The third-order valence-corrected chi connectivity index (χ3v) is 4.82. The average molecular weight is 339 g/mol. The van der Waals surface area contributed by atoms with Crippen molar-refractivity contribution < 1.29 is 9.47 Å². The third-order valence-electron chi connectivity index (χ3n) is 3.81. The summed E-state index contributed by atoms with van der Waals surface area (Å²) in [7, 11) is 0. The maximum Gasteiger partial charge on any atom is 0.167 e. The fourth-order valence-electron chi connectivity index (χ4n) is 2.68. The molecule has 4 rings (SSSR count). The Morgan fingerprint density at radius 3 is 2.50 bits per heavy atom. The quantitative estimate of drug-likeness (QED) is 0.720. The first kappa shape index (κ1) is 15.4. The van der Waals surface area contributed by atoms with E-state index in [4.69, 9.17) is 9.47 Å². The van der Waals surface area contributed by atoms with Crippen LogP contribution in [-0.2, 0) is 9.47 Å². The van der Waals surface area contributed by atoms with Crippen molar-refractivity contribution in [3.05, 3.63) is 54.9 Å². The van der Waals surface area contributed by atoms with Crippen molar-refractivity contribution in [1.82, 2.24) is 15.2 Å². The Morgan fingerprint density at radius 1 is 1.00 bits per heavy atom. The Morgan fingerprint density at radius 2 is 1.75 bits per heavy atom. The maximum atomic E-state index is 5.52. The number of nitrogens with zero attached hydrogens (tertiary/aromatic N) is 2. The molecule has 24 heavy (non-hydrogen) atoms. The molecule has 0 bridgehead atoms. The molecular weight excluding hydrogens is 322 g/mol. The number of H-pyrrole nitrogens is 1. The van der Waals surface area contributed by atoms with Crippen LogP contribution in [0.2, 0.25) is 0 Å². The molecule has 1 aliphatic heterocycles. The van der Waals surface area contributed by atoms with E-state index in [2.05, 4.69) is 27.3 Å². The van der Waals surface area contributed by atoms with Gasteiger partial charge in [0.1, 0.15) is 5.03 Å². The molecule has 0 aliphatic carbocycles. The van der Waals surface area contributed by atoms with Gasteiger partial charge in [-0.1, -0.05) is 42.1 Å². The highest BCUT2D eigenvalue weighted by molar-refractivity contribution is 7.99. The average Bonchev–Trinajstić information content (AvgIpc) is 3.31. The molecule has 0 spiro atoms. The fourth-order valence-corrected chi connectivity index (χ4v) is 3.64. The van der Waals surface area contributed by atoms with E-state index in [1.807, 2.05) is 30.3 Å². The van der Waals surface area contributed by atoms with Crippen LogP contribution in [0, 0.1) is 0 Å². The van der Waals surface area contributed by atoms with Crippen molar-refractivity contribution in [2.24, 2.45) is 0 Å². The number of benzene rings is 1. The van der Waals surface area contributed by atoms with E-state index < -0.39 is 0 Å². The lowest BCUT2D eigenvalue weighted by Gasteiger charge is -2.09. The molecule has 1 aliphatic rings. The van der Waals surface area contributed by atoms with E-state index in [0.29, 0.717) is 13.2 Å². The Hall–Kier alpha value is -2.15. The number of rotatable bonds is 5. The molecule has 1 N–H and O–H groups in total. The van der Waals surface area contributed by atoms with E-state index in [9.17, 15) is 0 Å². The summed E-state index contributed by atoms with van der Waals surface area (Å²) in [5, 5.41) is 8.67. The van der Waals surface area contributed by atoms with Crippen molar-refractivity contribution in [3.63, 3.8) is 0 Å². The molecule has 0 unspecified atom stereocenters. The van der Waals surface area contributed by atoms with Crippen LogP contribution < -0.4 is 0 Å². The zero-order chi connectivity index (χ0) is 16.2. The largest absolute Gasteiger partial charge is 0.349 e. The number of hydrogen-bond acceptors (Lipinski definition) is 5. The van der Waals surface area contributed by atoms with Crippen LogP contribution in [0.15, 0.2) is 59.9 Å². The minimum Gasteiger partial charge on any atom is -0.349 e. The lowest BCUT2D eigenvalue weighted by atomic mass is 10.0. The first-order valence-electron chi connectivity index (χ1n) is 7.82. The van der Waals surface area contributed by atoms with Gasteiger partial charge in [0, 0.05) is 23.5 Å². The maximum absolute atomic E-state index is 5.52. The standard InChI is InChI=1S/C18H17N3O2S/c1-2-4-14(5-3-1)17-16(13-6-8-19-9-7-13)18(21-20-17)24-12-15-22-10-11-23-15/h1-9,15H,10-12H2,(H,20,21). The van der Waals surface area contributed by atoms with E-state index in [1.165, 1.54) is 0 Å². The van der Waals surface area contributed by atoms with Crippen LogP contribution in [0.1, 0.15) is 0 Å². The van der Waals surface area contributed by atoms with Gasteiger partial charge in [-0.15, -0.1) is 0 Å². The van der Waals surface area contributed by atoms with Gasteiger partial charge in [-0.3, -0.25) is 10.1 Å². The van der Waals surface area contributed by atoms with Gasteiger partial charge in [-0.05, 0) is 17.7 Å². The molecule has 3 heterocycles. The van der Waals surface area contributed by atoms with Crippen LogP contribution in [-0.4, -0.2) is 40.4 Å². The van der Waals surface area contributed by atoms with Crippen molar-refractivity contribution in [2.45, 2.75) is 11.3 Å². The second-order valence-electron chi connectivity index (χ2n) is 5.36. The number of aromatic nitrogens is 3. The van der Waals surface area contributed by atoms with Gasteiger partial charge in [0.05, 0.1) is 24.7 Å². The minimum absolute atomic E-state index is 0.155. The zero-order valence-corrected chi connectivity index (χ0v) is 13.8. The van der Waals surface area contributed by atoms with Gasteiger partial charge >= 0.3 is 0 Å². The van der Waals surface area contributed by atoms with Crippen LogP contribution in [0.5, 0.6) is 0 Å². The van der Waals surface area contributed by atoms with Crippen LogP contribution in [0.25, 0.3) is 22.4 Å². The highest BCUT2D eigenvalue weighted by Gasteiger charge is 2.21. The topological polar surface area (TPSA) is 60.0 Å². The number of aromatic amines is 1. The molecule has 2 aromatic heterocycles. The molecule has 0 radical (unpaired) electrons. The van der Waals surface area contributed by atoms with Gasteiger partial charge in [-0.2, -0.15) is 5.10 Å². The number of thioether (sulfide) groups is 1. The van der Waals surface area contributed by atoms with Gasteiger partial charge in [0.15, 0.2) is 6.29 Å². The first-order valence-corrected chi connectivity index (χ1v) is 8.80. The van der Waals surface area contributed by atoms with Crippen molar-refractivity contribution in [1.29, 1.82) is 0 Å². The molecule has 5 nitrogen and oxygen atoms in total. The normalized spacial score (nSPS) is 15.0. The highest BCUT2D eigenvalue weighted by Crippen LogP contribution is 2.38. The van der Waals surface area contributed by atoms with Gasteiger partial charge < -0.3 is 9.47 Å². The minimum atomic E-state index is -0.155.